The molecule has 1 heterocycles. The molecule has 0 radical (unpaired) electrons. The molecule has 0 amide bonds. The van der Waals surface area contributed by atoms with Crippen LogP contribution in [-0.4, -0.2) is 12.1 Å². The summed E-state index contributed by atoms with van der Waals surface area (Å²) in [5, 5.41) is 3.54. The van der Waals surface area contributed by atoms with Gasteiger partial charge in [-0.15, -0.1) is 0 Å². The van der Waals surface area contributed by atoms with Crippen molar-refractivity contribution in [1.29, 1.82) is 0 Å². The van der Waals surface area contributed by atoms with Gasteiger partial charge in [-0.1, -0.05) is 0 Å². The number of aromatic nitrogens is 1. The third-order valence-electron chi connectivity index (χ3n) is 3.82. The minimum atomic E-state index is -0.0280. The first-order valence-electron chi connectivity index (χ1n) is 6.99. The number of aromatic amines is 1. The third kappa shape index (κ3) is 2.97. The lowest BCUT2D eigenvalue weighted by atomic mass is 9.91. The van der Waals surface area contributed by atoms with E-state index in [1.807, 2.05) is 24.3 Å². The number of ether oxygens (including phenoxy) is 1. The number of fused-ring (bicyclic) bond motifs is 1. The fourth-order valence-corrected chi connectivity index (χ4v) is 3.21. The Labute approximate surface area is 131 Å². The van der Waals surface area contributed by atoms with E-state index >= 15 is 0 Å². The van der Waals surface area contributed by atoms with Crippen LogP contribution in [0, 0.1) is 0 Å². The van der Waals surface area contributed by atoms with Crippen molar-refractivity contribution in [3.63, 3.8) is 0 Å². The number of halogens is 1. The van der Waals surface area contributed by atoms with E-state index in [9.17, 15) is 4.79 Å². The first-order valence-corrected chi connectivity index (χ1v) is 7.79. The third-order valence-corrected chi connectivity index (χ3v) is 4.48. The van der Waals surface area contributed by atoms with E-state index in [1.165, 1.54) is 5.56 Å². The molecule has 1 aliphatic rings. The normalized spacial score (nSPS) is 17.1. The number of aryl methyl sites for hydroxylation is 1. The fourth-order valence-electron chi connectivity index (χ4n) is 2.80. The summed E-state index contributed by atoms with van der Waals surface area (Å²) >= 11 is 3.46. The molecule has 21 heavy (non-hydrogen) atoms. The first kappa shape index (κ1) is 14.2. The van der Waals surface area contributed by atoms with Gasteiger partial charge in [-0.3, -0.25) is 4.79 Å². The van der Waals surface area contributed by atoms with E-state index in [0.29, 0.717) is 0 Å². The van der Waals surface area contributed by atoms with Gasteiger partial charge >= 0.3 is 0 Å². The predicted octanol–water partition coefficient (Wildman–Crippen LogP) is 3.64. The Morgan fingerprint density at radius 2 is 2.19 bits per heavy atom. The molecule has 5 heteroatoms. The number of benzene rings is 1. The maximum atomic E-state index is 11.4. The summed E-state index contributed by atoms with van der Waals surface area (Å²) in [5.41, 5.74) is 3.22. The quantitative estimate of drug-likeness (QED) is 0.890. The van der Waals surface area contributed by atoms with Gasteiger partial charge in [0.25, 0.3) is 0 Å². The molecule has 1 aliphatic carbocycles. The average Bonchev–Trinajstić information content (AvgIpc) is 2.49. The molecular weight excluding hydrogens is 332 g/mol. The highest BCUT2D eigenvalue weighted by molar-refractivity contribution is 9.10. The molecule has 0 spiro atoms. The van der Waals surface area contributed by atoms with Crippen LogP contribution < -0.4 is 15.6 Å². The van der Waals surface area contributed by atoms with Crippen LogP contribution in [0.25, 0.3) is 0 Å². The summed E-state index contributed by atoms with van der Waals surface area (Å²) in [6.45, 7) is 0. The topological polar surface area (TPSA) is 54.1 Å². The zero-order chi connectivity index (χ0) is 14.8. The van der Waals surface area contributed by atoms with Gasteiger partial charge in [0.2, 0.25) is 5.56 Å². The standard InChI is InChI=1S/C16H17BrN2O2/c1-21-15-9-10(5-7-12(15)17)18-13-3-2-4-14-11(13)6-8-16(20)19-14/h5-9,13,18H,2-4H2,1H3,(H,19,20). The lowest BCUT2D eigenvalue weighted by Gasteiger charge is -2.27. The summed E-state index contributed by atoms with van der Waals surface area (Å²) < 4.78 is 6.26. The van der Waals surface area contributed by atoms with E-state index < -0.39 is 0 Å². The Hall–Kier alpha value is -1.75. The molecule has 1 aromatic carbocycles. The molecule has 4 nitrogen and oxygen atoms in total. The van der Waals surface area contributed by atoms with Crippen LogP contribution >= 0.6 is 15.9 Å². The highest BCUT2D eigenvalue weighted by atomic mass is 79.9. The van der Waals surface area contributed by atoms with Crippen LogP contribution in [0.2, 0.25) is 0 Å². The average molecular weight is 349 g/mol. The van der Waals surface area contributed by atoms with Crippen molar-refractivity contribution in [3.05, 3.63) is 56.4 Å². The number of methoxy groups -OCH3 is 1. The molecule has 0 aliphatic heterocycles. The van der Waals surface area contributed by atoms with Crippen molar-refractivity contribution in [2.24, 2.45) is 0 Å². The van der Waals surface area contributed by atoms with Crippen molar-refractivity contribution in [2.75, 3.05) is 12.4 Å². The summed E-state index contributed by atoms with van der Waals surface area (Å²) in [4.78, 5) is 14.4. The van der Waals surface area contributed by atoms with Gasteiger partial charge in [0, 0.05) is 23.5 Å². The van der Waals surface area contributed by atoms with Crippen LogP contribution in [0.1, 0.15) is 30.1 Å². The summed E-state index contributed by atoms with van der Waals surface area (Å²) in [5.74, 6) is 0.803. The van der Waals surface area contributed by atoms with E-state index in [4.69, 9.17) is 4.74 Å². The molecule has 0 saturated carbocycles. The monoisotopic (exact) mass is 348 g/mol. The second-order valence-electron chi connectivity index (χ2n) is 5.19. The number of H-pyrrole nitrogens is 1. The molecular formula is C16H17BrN2O2. The van der Waals surface area contributed by atoms with Gasteiger partial charge in [-0.25, -0.2) is 0 Å². The Kier molecular flexibility index (Phi) is 4.01. The van der Waals surface area contributed by atoms with Crippen LogP contribution in [-0.2, 0) is 6.42 Å². The van der Waals surface area contributed by atoms with Crippen LogP contribution in [0.15, 0.2) is 39.6 Å². The summed E-state index contributed by atoms with van der Waals surface area (Å²) in [7, 11) is 1.66. The second kappa shape index (κ2) is 5.93. The van der Waals surface area contributed by atoms with Gasteiger partial charge in [-0.05, 0) is 59.0 Å². The summed E-state index contributed by atoms with van der Waals surface area (Å²) in [6.07, 6.45) is 3.06. The number of pyridine rings is 1. The molecule has 2 N–H and O–H groups in total. The molecule has 3 rings (SSSR count). The first-order chi connectivity index (χ1) is 10.2. The van der Waals surface area contributed by atoms with Gasteiger partial charge in [0.1, 0.15) is 5.75 Å². The number of anilines is 1. The number of hydrogen-bond donors (Lipinski definition) is 2. The van der Waals surface area contributed by atoms with Crippen LogP contribution in [0.5, 0.6) is 5.75 Å². The lowest BCUT2D eigenvalue weighted by Crippen LogP contribution is -2.21. The number of nitrogens with one attached hydrogen (secondary N) is 2. The second-order valence-corrected chi connectivity index (χ2v) is 6.05. The van der Waals surface area contributed by atoms with Crippen molar-refractivity contribution in [3.8, 4) is 5.75 Å². The van der Waals surface area contributed by atoms with E-state index in [1.54, 1.807) is 13.2 Å². The number of hydrogen-bond acceptors (Lipinski definition) is 3. The Morgan fingerprint density at radius 3 is 3.00 bits per heavy atom. The van der Waals surface area contributed by atoms with E-state index in [2.05, 4.69) is 26.2 Å². The highest BCUT2D eigenvalue weighted by Crippen LogP contribution is 2.33. The lowest BCUT2D eigenvalue weighted by molar-refractivity contribution is 0.412. The highest BCUT2D eigenvalue weighted by Gasteiger charge is 2.20. The van der Waals surface area contributed by atoms with Crippen LogP contribution in [0.3, 0.4) is 0 Å². The van der Waals surface area contributed by atoms with Gasteiger partial charge in [0.05, 0.1) is 17.6 Å². The molecule has 1 atom stereocenters. The SMILES string of the molecule is COc1cc(NC2CCCc3[nH]c(=O)ccc32)ccc1Br. The molecule has 110 valence electrons. The molecule has 1 unspecified atom stereocenters. The van der Waals surface area contributed by atoms with Gasteiger partial charge in [0.15, 0.2) is 0 Å². The van der Waals surface area contributed by atoms with E-state index in [-0.39, 0.29) is 11.6 Å². The van der Waals surface area contributed by atoms with Crippen molar-refractivity contribution >= 4 is 21.6 Å². The van der Waals surface area contributed by atoms with Crippen molar-refractivity contribution in [2.45, 2.75) is 25.3 Å². The maximum absolute atomic E-state index is 11.4. The molecule has 0 bridgehead atoms. The molecule has 1 aromatic heterocycles. The van der Waals surface area contributed by atoms with Gasteiger partial charge < -0.3 is 15.0 Å². The molecule has 0 fully saturated rings. The van der Waals surface area contributed by atoms with Crippen LogP contribution in [0.4, 0.5) is 5.69 Å². The smallest absolute Gasteiger partial charge is 0.248 e. The Balaban J connectivity index is 1.88. The maximum Gasteiger partial charge on any atom is 0.248 e. The molecule has 2 aromatic rings. The molecule has 0 saturated heterocycles. The van der Waals surface area contributed by atoms with Crippen molar-refractivity contribution in [1.82, 2.24) is 4.98 Å². The summed E-state index contributed by atoms with van der Waals surface area (Å²) in [6, 6.07) is 9.72. The zero-order valence-corrected chi connectivity index (χ0v) is 13.4. The fraction of sp³-hybridized carbons (Fsp3) is 0.312. The van der Waals surface area contributed by atoms with E-state index in [0.717, 1.165) is 40.9 Å². The van der Waals surface area contributed by atoms with Gasteiger partial charge in [-0.2, -0.15) is 0 Å². The van der Waals surface area contributed by atoms with Crippen molar-refractivity contribution < 1.29 is 4.74 Å². The number of rotatable bonds is 3. The zero-order valence-electron chi connectivity index (χ0n) is 11.8. The minimum Gasteiger partial charge on any atom is -0.495 e. The Morgan fingerprint density at radius 1 is 1.33 bits per heavy atom. The largest absolute Gasteiger partial charge is 0.495 e. The predicted molar refractivity (Wildman–Crippen MR) is 87.1 cm³/mol. The minimum absolute atomic E-state index is 0.0280. The Bertz CT molecular complexity index is 712.